The fourth-order valence-electron chi connectivity index (χ4n) is 3.20. The monoisotopic (exact) mass is 375 g/mol. The molecular formula is C22H37N3O2. The average Bonchev–Trinajstić information content (AvgIpc) is 2.67. The molecule has 152 valence electrons. The Hall–Kier alpha value is -1.75. The minimum absolute atomic E-state index is 0.0483. The molecule has 1 aromatic heterocycles. The molecule has 5 nitrogen and oxygen atoms in total. The summed E-state index contributed by atoms with van der Waals surface area (Å²) in [4.78, 5) is 30.4. The highest BCUT2D eigenvalue weighted by molar-refractivity contribution is 5.93. The number of nitrogens with zero attached hydrogens (tertiary/aromatic N) is 1. The first-order valence-electron chi connectivity index (χ1n) is 10.3. The normalized spacial score (nSPS) is 15.8. The van der Waals surface area contributed by atoms with Gasteiger partial charge in [-0.15, -0.1) is 0 Å². The number of hydrogen-bond acceptors (Lipinski definition) is 4. The molecule has 1 rings (SSSR count). The fraction of sp³-hybridized carbons (Fsp3) is 0.682. The van der Waals surface area contributed by atoms with Crippen molar-refractivity contribution in [1.82, 2.24) is 10.3 Å². The number of hydrogen-bond donors (Lipinski definition) is 2. The second-order valence-corrected chi connectivity index (χ2v) is 7.98. The van der Waals surface area contributed by atoms with Gasteiger partial charge < -0.3 is 11.1 Å². The Balaban J connectivity index is 3.05. The fourth-order valence-corrected chi connectivity index (χ4v) is 3.20. The van der Waals surface area contributed by atoms with Crippen LogP contribution in [0.4, 0.5) is 0 Å². The summed E-state index contributed by atoms with van der Waals surface area (Å²) >= 11 is 0. The quantitative estimate of drug-likeness (QED) is 0.577. The largest absolute Gasteiger partial charge is 0.341 e. The molecule has 0 bridgehead atoms. The lowest BCUT2D eigenvalue weighted by molar-refractivity contribution is -0.132. The van der Waals surface area contributed by atoms with Gasteiger partial charge in [0.25, 0.3) is 0 Å². The molecule has 2 unspecified atom stereocenters. The Labute approximate surface area is 164 Å². The molecule has 0 fully saturated rings. The van der Waals surface area contributed by atoms with Crippen LogP contribution in [0.2, 0.25) is 0 Å². The lowest BCUT2D eigenvalue weighted by Crippen LogP contribution is -2.47. The second kappa shape index (κ2) is 11.9. The van der Waals surface area contributed by atoms with Crippen LogP contribution in [0.1, 0.15) is 78.5 Å². The van der Waals surface area contributed by atoms with Gasteiger partial charge >= 0.3 is 0 Å². The van der Waals surface area contributed by atoms with Crippen molar-refractivity contribution < 1.29 is 9.59 Å². The van der Waals surface area contributed by atoms with Gasteiger partial charge in [-0.3, -0.25) is 14.6 Å². The zero-order valence-electron chi connectivity index (χ0n) is 17.6. The first-order valence-corrected chi connectivity index (χ1v) is 10.3. The molecule has 1 aromatic rings. The van der Waals surface area contributed by atoms with E-state index in [0.29, 0.717) is 11.6 Å². The molecule has 0 saturated heterocycles. The summed E-state index contributed by atoms with van der Waals surface area (Å²) in [6.07, 6.45) is 6.14. The van der Waals surface area contributed by atoms with E-state index in [1.165, 1.54) is 0 Å². The number of pyridine rings is 1. The summed E-state index contributed by atoms with van der Waals surface area (Å²) in [7, 11) is 0. The Bertz CT molecular complexity index is 574. The van der Waals surface area contributed by atoms with Gasteiger partial charge in [-0.2, -0.15) is 0 Å². The van der Waals surface area contributed by atoms with Crippen molar-refractivity contribution in [3.8, 4) is 0 Å². The van der Waals surface area contributed by atoms with Gasteiger partial charge in [0.15, 0.2) is 5.78 Å². The summed E-state index contributed by atoms with van der Waals surface area (Å²) in [6, 6.07) is 3.98. The van der Waals surface area contributed by atoms with E-state index in [2.05, 4.69) is 31.1 Å². The zero-order chi connectivity index (χ0) is 20.4. The van der Waals surface area contributed by atoms with E-state index < -0.39 is 12.1 Å². The molecule has 0 aliphatic carbocycles. The summed E-state index contributed by atoms with van der Waals surface area (Å²) < 4.78 is 0. The molecule has 0 spiro atoms. The van der Waals surface area contributed by atoms with Crippen molar-refractivity contribution in [2.24, 2.45) is 23.5 Å². The number of carbonyl (C=O) groups excluding carboxylic acids is 2. The smallest absolute Gasteiger partial charge is 0.224 e. The molecule has 1 amide bonds. The van der Waals surface area contributed by atoms with E-state index in [4.69, 9.17) is 5.73 Å². The van der Waals surface area contributed by atoms with E-state index in [0.717, 1.165) is 32.1 Å². The van der Waals surface area contributed by atoms with Crippen LogP contribution in [-0.2, 0) is 9.59 Å². The molecule has 0 aliphatic heterocycles. The zero-order valence-corrected chi connectivity index (χ0v) is 17.6. The molecule has 5 heteroatoms. The maximum Gasteiger partial charge on any atom is 0.224 e. The van der Waals surface area contributed by atoms with E-state index >= 15 is 0 Å². The third-order valence-electron chi connectivity index (χ3n) is 5.17. The highest BCUT2D eigenvalue weighted by Gasteiger charge is 2.32. The lowest BCUT2D eigenvalue weighted by atomic mass is 9.89. The minimum Gasteiger partial charge on any atom is -0.341 e. The number of Topliss-reactive ketones (excluding diaryl/α,β-unsaturated/α-hetero) is 1. The molecule has 0 aliphatic rings. The number of unbranched alkanes of at least 4 members (excludes halogenated alkanes) is 1. The van der Waals surface area contributed by atoms with Crippen molar-refractivity contribution in [3.05, 3.63) is 30.1 Å². The van der Waals surface area contributed by atoms with E-state index in [-0.39, 0.29) is 23.5 Å². The van der Waals surface area contributed by atoms with Crippen LogP contribution in [0, 0.1) is 17.8 Å². The van der Waals surface area contributed by atoms with Crippen LogP contribution in [0.5, 0.6) is 0 Å². The van der Waals surface area contributed by atoms with E-state index in [1.54, 1.807) is 18.3 Å². The van der Waals surface area contributed by atoms with Gasteiger partial charge in [0, 0.05) is 12.1 Å². The minimum atomic E-state index is -0.793. The average molecular weight is 376 g/mol. The topological polar surface area (TPSA) is 85.1 Å². The van der Waals surface area contributed by atoms with Gasteiger partial charge in [-0.25, -0.2) is 0 Å². The van der Waals surface area contributed by atoms with Gasteiger partial charge in [0.05, 0.1) is 11.7 Å². The molecule has 0 saturated carbocycles. The van der Waals surface area contributed by atoms with E-state index in [9.17, 15) is 9.59 Å². The third-order valence-corrected chi connectivity index (χ3v) is 5.17. The molecule has 1 heterocycles. The van der Waals surface area contributed by atoms with Gasteiger partial charge in [0.1, 0.15) is 6.04 Å². The number of nitrogens with two attached hydrogens (primary N) is 1. The highest BCUT2D eigenvalue weighted by atomic mass is 16.2. The lowest BCUT2D eigenvalue weighted by Gasteiger charge is -2.26. The third kappa shape index (κ3) is 7.41. The highest BCUT2D eigenvalue weighted by Crippen LogP contribution is 2.22. The van der Waals surface area contributed by atoms with Crippen LogP contribution >= 0.6 is 0 Å². The van der Waals surface area contributed by atoms with Crippen LogP contribution in [-0.4, -0.2) is 22.7 Å². The summed E-state index contributed by atoms with van der Waals surface area (Å²) in [5, 5.41) is 2.98. The van der Waals surface area contributed by atoms with Crippen LogP contribution < -0.4 is 11.1 Å². The van der Waals surface area contributed by atoms with Crippen molar-refractivity contribution in [2.75, 3.05) is 0 Å². The van der Waals surface area contributed by atoms with Crippen molar-refractivity contribution >= 4 is 11.7 Å². The van der Waals surface area contributed by atoms with Crippen LogP contribution in [0.25, 0.3) is 0 Å². The Kier molecular flexibility index (Phi) is 10.2. The molecule has 3 N–H and O–H groups in total. The molecule has 0 radical (unpaired) electrons. The number of rotatable bonds is 12. The molecule has 0 aromatic carbocycles. The second-order valence-electron chi connectivity index (χ2n) is 7.98. The van der Waals surface area contributed by atoms with Crippen LogP contribution in [0.3, 0.4) is 0 Å². The first-order chi connectivity index (χ1) is 12.8. The molecule has 27 heavy (non-hydrogen) atoms. The Morgan fingerprint density at radius 2 is 1.89 bits per heavy atom. The standard InChI is InChI=1S/C22H37N3O2/c1-6-8-11-17(14-15(3)4)22(27)25-20(18-12-9-10-13-24-18)21(26)19(23)16(5)7-2/h9-10,12-13,15-17,19-20H,6-8,11,14,23H2,1-5H3,(H,25,27)/t16-,17?,19-,20?/m0/s1. The van der Waals surface area contributed by atoms with Crippen molar-refractivity contribution in [1.29, 1.82) is 0 Å². The number of amides is 1. The maximum atomic E-state index is 13.1. The number of ketones is 1. The van der Waals surface area contributed by atoms with Gasteiger partial charge in [-0.05, 0) is 36.8 Å². The number of nitrogens with one attached hydrogen (secondary N) is 1. The van der Waals surface area contributed by atoms with Crippen LogP contribution in [0.15, 0.2) is 24.4 Å². The van der Waals surface area contributed by atoms with Gasteiger partial charge in [0.2, 0.25) is 5.91 Å². The Morgan fingerprint density at radius 3 is 2.41 bits per heavy atom. The first kappa shape index (κ1) is 23.3. The number of aromatic nitrogens is 1. The van der Waals surface area contributed by atoms with Crippen molar-refractivity contribution in [2.45, 2.75) is 78.8 Å². The molecular weight excluding hydrogens is 338 g/mol. The van der Waals surface area contributed by atoms with Crippen molar-refractivity contribution in [3.63, 3.8) is 0 Å². The van der Waals surface area contributed by atoms with E-state index in [1.807, 2.05) is 19.9 Å². The SMILES string of the molecule is CCCCC(CC(C)C)C(=O)NC(C(=O)[C@@H](N)[C@@H](C)CC)c1ccccn1. The molecule has 4 atom stereocenters. The number of carbonyl (C=O) groups is 2. The van der Waals surface area contributed by atoms with Gasteiger partial charge in [-0.1, -0.05) is 59.9 Å². The maximum absolute atomic E-state index is 13.1. The Morgan fingerprint density at radius 1 is 1.19 bits per heavy atom. The summed E-state index contributed by atoms with van der Waals surface area (Å²) in [5.74, 6) is 0.132. The summed E-state index contributed by atoms with van der Waals surface area (Å²) in [5.41, 5.74) is 6.74. The predicted molar refractivity (Wildman–Crippen MR) is 110 cm³/mol. The predicted octanol–water partition coefficient (Wildman–Crippen LogP) is 4.03. The summed E-state index contributed by atoms with van der Waals surface area (Å²) in [6.45, 7) is 10.3.